The van der Waals surface area contributed by atoms with Crippen molar-refractivity contribution in [1.82, 2.24) is 19.7 Å². The molecule has 0 saturated carbocycles. The first-order valence-corrected chi connectivity index (χ1v) is 8.82. The van der Waals surface area contributed by atoms with E-state index in [2.05, 4.69) is 10.2 Å². The zero-order valence-electron chi connectivity index (χ0n) is 13.2. The Kier molecular flexibility index (Phi) is 5.14. The Bertz CT molecular complexity index is 718. The van der Waals surface area contributed by atoms with Crippen LogP contribution < -0.4 is 5.73 Å². The average Bonchev–Trinajstić information content (AvgIpc) is 3.09. The molecule has 2 N–H and O–H groups in total. The summed E-state index contributed by atoms with van der Waals surface area (Å²) >= 11 is 1.31. The number of primary amides is 1. The number of benzene rings is 1. The maximum atomic E-state index is 12.5. The lowest BCUT2D eigenvalue weighted by molar-refractivity contribution is -0.138. The number of aromatic nitrogens is 3. The highest BCUT2D eigenvalue weighted by molar-refractivity contribution is 7.99. The molecular weight excluding hydrogens is 326 g/mol. The van der Waals surface area contributed by atoms with Crippen molar-refractivity contribution < 1.29 is 9.59 Å². The molecule has 0 radical (unpaired) electrons. The highest BCUT2D eigenvalue weighted by Gasteiger charge is 2.30. The number of carbonyl (C=O) groups excluding carboxylic acids is 2. The predicted molar refractivity (Wildman–Crippen MR) is 90.6 cm³/mol. The normalized spacial score (nSPS) is 17.7. The Morgan fingerprint density at radius 1 is 1.25 bits per heavy atom. The fourth-order valence-electron chi connectivity index (χ4n) is 2.82. The molecule has 0 spiro atoms. The van der Waals surface area contributed by atoms with Crippen LogP contribution in [0.2, 0.25) is 0 Å². The quantitative estimate of drug-likeness (QED) is 0.823. The minimum absolute atomic E-state index is 0.0916. The molecule has 1 saturated heterocycles. The van der Waals surface area contributed by atoms with Gasteiger partial charge in [0.2, 0.25) is 11.8 Å². The predicted octanol–water partition coefficient (Wildman–Crippen LogP) is 1.23. The van der Waals surface area contributed by atoms with Crippen molar-refractivity contribution in [2.45, 2.75) is 30.5 Å². The molecule has 0 bridgehead atoms. The zero-order chi connectivity index (χ0) is 16.9. The van der Waals surface area contributed by atoms with Gasteiger partial charge in [-0.05, 0) is 31.4 Å². The number of thioether (sulfide) groups is 1. The van der Waals surface area contributed by atoms with Crippen molar-refractivity contribution in [3.05, 3.63) is 36.7 Å². The molecule has 2 heterocycles. The van der Waals surface area contributed by atoms with Crippen molar-refractivity contribution in [3.63, 3.8) is 0 Å². The van der Waals surface area contributed by atoms with Crippen LogP contribution in [0, 0.1) is 0 Å². The summed E-state index contributed by atoms with van der Waals surface area (Å²) in [5.74, 6) is -0.318. The molecule has 0 aliphatic carbocycles. The first-order chi connectivity index (χ1) is 11.7. The lowest BCUT2D eigenvalue weighted by Gasteiger charge is -2.33. The van der Waals surface area contributed by atoms with Crippen LogP contribution in [0.15, 0.2) is 41.8 Å². The van der Waals surface area contributed by atoms with Crippen LogP contribution in [0.5, 0.6) is 0 Å². The number of rotatable bonds is 5. The highest BCUT2D eigenvalue weighted by Crippen LogP contribution is 2.22. The van der Waals surface area contributed by atoms with Crippen LogP contribution >= 0.6 is 11.8 Å². The smallest absolute Gasteiger partial charge is 0.240 e. The van der Waals surface area contributed by atoms with Crippen molar-refractivity contribution >= 4 is 23.6 Å². The monoisotopic (exact) mass is 345 g/mol. The van der Waals surface area contributed by atoms with E-state index < -0.39 is 11.9 Å². The Morgan fingerprint density at radius 3 is 2.79 bits per heavy atom. The third-order valence-electron chi connectivity index (χ3n) is 4.03. The number of carbonyl (C=O) groups is 2. The second kappa shape index (κ2) is 7.48. The number of hydrogen-bond donors (Lipinski definition) is 1. The molecule has 3 rings (SSSR count). The van der Waals surface area contributed by atoms with E-state index in [1.54, 1.807) is 11.2 Å². The summed E-state index contributed by atoms with van der Waals surface area (Å²) < 4.78 is 1.83. The number of nitrogens with zero attached hydrogens (tertiary/aromatic N) is 4. The number of amides is 2. The first-order valence-electron chi connectivity index (χ1n) is 7.84. The van der Waals surface area contributed by atoms with E-state index in [1.165, 1.54) is 11.8 Å². The van der Waals surface area contributed by atoms with Gasteiger partial charge in [-0.3, -0.25) is 14.2 Å². The molecule has 1 aromatic heterocycles. The van der Waals surface area contributed by atoms with E-state index in [4.69, 9.17) is 5.73 Å². The van der Waals surface area contributed by atoms with Crippen molar-refractivity contribution in [2.24, 2.45) is 5.73 Å². The van der Waals surface area contributed by atoms with E-state index >= 15 is 0 Å². The summed E-state index contributed by atoms with van der Waals surface area (Å²) in [6, 6.07) is 9.20. The third-order valence-corrected chi connectivity index (χ3v) is 4.95. The lowest BCUT2D eigenvalue weighted by atomic mass is 10.0. The second-order valence-electron chi connectivity index (χ2n) is 5.61. The molecule has 1 aliphatic heterocycles. The van der Waals surface area contributed by atoms with Gasteiger partial charge in [0.05, 0.1) is 5.75 Å². The minimum atomic E-state index is -0.487. The summed E-state index contributed by atoms with van der Waals surface area (Å²) in [6.07, 6.45) is 4.09. The lowest BCUT2D eigenvalue weighted by Crippen LogP contribution is -2.51. The van der Waals surface area contributed by atoms with Crippen LogP contribution in [0.4, 0.5) is 0 Å². The number of likely N-dealkylation sites (tertiary alicyclic amines) is 1. The molecule has 126 valence electrons. The second-order valence-corrected chi connectivity index (χ2v) is 6.55. The molecule has 24 heavy (non-hydrogen) atoms. The Labute approximate surface area is 144 Å². The molecule has 8 heteroatoms. The summed E-state index contributed by atoms with van der Waals surface area (Å²) in [5, 5.41) is 8.64. The molecule has 1 aromatic carbocycles. The molecule has 1 aliphatic rings. The van der Waals surface area contributed by atoms with Gasteiger partial charge in [-0.2, -0.15) is 0 Å². The van der Waals surface area contributed by atoms with E-state index in [0.29, 0.717) is 18.1 Å². The number of piperidine rings is 1. The Hall–Kier alpha value is -2.35. The zero-order valence-corrected chi connectivity index (χ0v) is 14.0. The average molecular weight is 345 g/mol. The molecule has 2 aromatic rings. The van der Waals surface area contributed by atoms with Gasteiger partial charge in [-0.15, -0.1) is 10.2 Å². The fraction of sp³-hybridized carbons (Fsp3) is 0.375. The third kappa shape index (κ3) is 3.59. The van der Waals surface area contributed by atoms with Crippen molar-refractivity contribution in [3.8, 4) is 5.69 Å². The van der Waals surface area contributed by atoms with Gasteiger partial charge in [0.15, 0.2) is 5.16 Å². The van der Waals surface area contributed by atoms with Gasteiger partial charge in [0.1, 0.15) is 12.4 Å². The van der Waals surface area contributed by atoms with Gasteiger partial charge in [-0.1, -0.05) is 30.0 Å². The SMILES string of the molecule is NC(=O)[C@@H]1CCCCN1C(=O)CSc1nncn1-c1ccccc1. The van der Waals surface area contributed by atoms with Gasteiger partial charge in [-0.25, -0.2) is 0 Å². The van der Waals surface area contributed by atoms with Gasteiger partial charge < -0.3 is 10.6 Å². The van der Waals surface area contributed by atoms with Crippen LogP contribution in [-0.4, -0.2) is 49.8 Å². The number of para-hydroxylation sites is 1. The molecule has 7 nitrogen and oxygen atoms in total. The van der Waals surface area contributed by atoms with Crippen LogP contribution in [0.3, 0.4) is 0 Å². The summed E-state index contributed by atoms with van der Waals surface area (Å²) in [4.78, 5) is 25.6. The summed E-state index contributed by atoms with van der Waals surface area (Å²) in [5.41, 5.74) is 6.36. The number of nitrogens with two attached hydrogens (primary N) is 1. The van der Waals surface area contributed by atoms with Crippen molar-refractivity contribution in [1.29, 1.82) is 0 Å². The molecule has 1 atom stereocenters. The largest absolute Gasteiger partial charge is 0.368 e. The standard InChI is InChI=1S/C16H19N5O2S/c17-15(23)13-8-4-5-9-20(13)14(22)10-24-16-19-18-11-21(16)12-6-2-1-3-7-12/h1-3,6-7,11,13H,4-5,8-10H2,(H2,17,23)/t13-/m0/s1. The molecular formula is C16H19N5O2S. The summed E-state index contributed by atoms with van der Waals surface area (Å²) in [6.45, 7) is 0.582. The maximum absolute atomic E-state index is 12.5. The van der Waals surface area contributed by atoms with E-state index in [0.717, 1.165) is 18.5 Å². The van der Waals surface area contributed by atoms with Gasteiger partial charge in [0, 0.05) is 12.2 Å². The highest BCUT2D eigenvalue weighted by atomic mass is 32.2. The minimum Gasteiger partial charge on any atom is -0.368 e. The molecule has 0 unspecified atom stereocenters. The summed E-state index contributed by atoms with van der Waals surface area (Å²) in [7, 11) is 0. The molecule has 1 fully saturated rings. The Morgan fingerprint density at radius 2 is 2.04 bits per heavy atom. The van der Waals surface area contributed by atoms with Crippen molar-refractivity contribution in [2.75, 3.05) is 12.3 Å². The van der Waals surface area contributed by atoms with E-state index in [1.807, 2.05) is 34.9 Å². The van der Waals surface area contributed by atoms with Crippen LogP contribution in [-0.2, 0) is 9.59 Å². The van der Waals surface area contributed by atoms with Crippen LogP contribution in [0.1, 0.15) is 19.3 Å². The topological polar surface area (TPSA) is 94.1 Å². The first kappa shape index (κ1) is 16.5. The fourth-order valence-corrected chi connectivity index (χ4v) is 3.64. The van der Waals surface area contributed by atoms with E-state index in [-0.39, 0.29) is 11.7 Å². The Balaban J connectivity index is 1.67. The van der Waals surface area contributed by atoms with Gasteiger partial charge >= 0.3 is 0 Å². The maximum Gasteiger partial charge on any atom is 0.240 e. The van der Waals surface area contributed by atoms with E-state index in [9.17, 15) is 9.59 Å². The molecule has 2 amide bonds. The van der Waals surface area contributed by atoms with Gasteiger partial charge in [0.25, 0.3) is 0 Å². The number of hydrogen-bond acceptors (Lipinski definition) is 5. The van der Waals surface area contributed by atoms with Crippen LogP contribution in [0.25, 0.3) is 5.69 Å².